The normalized spacial score (nSPS) is 11.6. The zero-order valence-corrected chi connectivity index (χ0v) is 14.7. The Balaban J connectivity index is 2.21. The van der Waals surface area contributed by atoms with Crippen molar-refractivity contribution >= 4 is 9.84 Å². The molecule has 0 amide bonds. The first-order valence-corrected chi connectivity index (χ1v) is 9.48. The summed E-state index contributed by atoms with van der Waals surface area (Å²) in [5, 5.41) is 12.9. The first kappa shape index (κ1) is 18.7. The van der Waals surface area contributed by atoms with Gasteiger partial charge in [-0.1, -0.05) is 12.1 Å². The van der Waals surface area contributed by atoms with Crippen molar-refractivity contribution in [3.05, 3.63) is 65.6 Å². The van der Waals surface area contributed by atoms with Crippen LogP contribution in [0.5, 0.6) is 0 Å². The zero-order valence-electron chi connectivity index (χ0n) is 13.9. The molecule has 0 fully saturated rings. The minimum Gasteiger partial charge on any atom is -0.233 e. The van der Waals surface area contributed by atoms with E-state index in [2.05, 4.69) is 5.10 Å². The van der Waals surface area contributed by atoms with Gasteiger partial charge in [-0.05, 0) is 36.4 Å². The molecular formula is C18H12F3N3O2S. The van der Waals surface area contributed by atoms with Gasteiger partial charge in [-0.2, -0.15) is 10.4 Å². The summed E-state index contributed by atoms with van der Waals surface area (Å²) in [6, 6.07) is 12.5. The van der Waals surface area contributed by atoms with Crippen LogP contribution >= 0.6 is 0 Å². The van der Waals surface area contributed by atoms with Crippen molar-refractivity contribution < 1.29 is 21.6 Å². The molecule has 0 aliphatic heterocycles. The van der Waals surface area contributed by atoms with E-state index in [9.17, 15) is 21.6 Å². The van der Waals surface area contributed by atoms with Gasteiger partial charge in [-0.15, -0.1) is 0 Å². The van der Waals surface area contributed by atoms with Gasteiger partial charge in [0.25, 0.3) is 6.43 Å². The second-order valence-electron chi connectivity index (χ2n) is 5.75. The van der Waals surface area contributed by atoms with Crippen LogP contribution in [-0.2, 0) is 9.84 Å². The third-order valence-corrected chi connectivity index (χ3v) is 4.93. The van der Waals surface area contributed by atoms with E-state index in [0.29, 0.717) is 11.3 Å². The van der Waals surface area contributed by atoms with E-state index in [0.717, 1.165) is 29.1 Å². The number of alkyl halides is 2. The van der Waals surface area contributed by atoms with Gasteiger partial charge in [0.1, 0.15) is 16.4 Å². The molecule has 0 aliphatic rings. The Morgan fingerprint density at radius 1 is 1.15 bits per heavy atom. The van der Waals surface area contributed by atoms with Crippen molar-refractivity contribution in [3.63, 3.8) is 0 Å². The number of sulfone groups is 1. The van der Waals surface area contributed by atoms with Crippen LogP contribution in [0.1, 0.15) is 17.7 Å². The number of hydrogen-bond donors (Lipinski definition) is 0. The molecule has 0 N–H and O–H groups in total. The first-order valence-electron chi connectivity index (χ1n) is 7.59. The van der Waals surface area contributed by atoms with E-state index < -0.39 is 32.7 Å². The summed E-state index contributed by atoms with van der Waals surface area (Å²) < 4.78 is 64.9. The molecule has 1 heterocycles. The number of nitrogens with zero attached hydrogens (tertiary/aromatic N) is 3. The lowest BCUT2D eigenvalue weighted by Crippen LogP contribution is -2.03. The molecule has 0 radical (unpaired) electrons. The molecule has 3 rings (SSSR count). The molecule has 2 aromatic carbocycles. The fourth-order valence-corrected chi connectivity index (χ4v) is 3.30. The lowest BCUT2D eigenvalue weighted by molar-refractivity contribution is 0.145. The third kappa shape index (κ3) is 3.71. The van der Waals surface area contributed by atoms with Crippen molar-refractivity contribution in [3.8, 4) is 23.0 Å². The van der Waals surface area contributed by atoms with Crippen molar-refractivity contribution in [1.29, 1.82) is 5.26 Å². The summed E-state index contributed by atoms with van der Waals surface area (Å²) in [5.74, 6) is -0.993. The number of aromatic nitrogens is 2. The monoisotopic (exact) mass is 391 g/mol. The van der Waals surface area contributed by atoms with Crippen LogP contribution in [0, 0.1) is 17.1 Å². The highest BCUT2D eigenvalue weighted by Gasteiger charge is 2.20. The van der Waals surface area contributed by atoms with Gasteiger partial charge in [-0.3, -0.25) is 0 Å². The highest BCUT2D eigenvalue weighted by Crippen LogP contribution is 2.30. The lowest BCUT2D eigenvalue weighted by Gasteiger charge is -2.09. The van der Waals surface area contributed by atoms with Gasteiger partial charge in [0.05, 0.1) is 23.0 Å². The fraction of sp³-hybridized carbons (Fsp3) is 0.111. The minimum absolute atomic E-state index is 0.138. The van der Waals surface area contributed by atoms with Crippen molar-refractivity contribution in [2.75, 3.05) is 6.26 Å². The van der Waals surface area contributed by atoms with E-state index in [4.69, 9.17) is 5.26 Å². The summed E-state index contributed by atoms with van der Waals surface area (Å²) >= 11 is 0. The van der Waals surface area contributed by atoms with Crippen molar-refractivity contribution in [1.82, 2.24) is 9.78 Å². The predicted molar refractivity (Wildman–Crippen MR) is 91.7 cm³/mol. The maximum absolute atomic E-state index is 14.2. The molecule has 0 saturated heterocycles. The molecule has 9 heteroatoms. The lowest BCUT2D eigenvalue weighted by atomic mass is 10.1. The highest BCUT2D eigenvalue weighted by molar-refractivity contribution is 7.90. The van der Waals surface area contributed by atoms with Gasteiger partial charge in [0, 0.05) is 11.8 Å². The van der Waals surface area contributed by atoms with Crippen LogP contribution in [0.2, 0.25) is 0 Å². The molecule has 3 aromatic rings. The fourth-order valence-electron chi connectivity index (χ4n) is 2.58. The minimum atomic E-state index is -3.77. The second kappa shape index (κ2) is 6.89. The molecular weight excluding hydrogens is 379 g/mol. The molecule has 1 aromatic heterocycles. The number of nitriles is 1. The number of halogens is 3. The molecule has 0 atom stereocenters. The number of hydrogen-bond acceptors (Lipinski definition) is 4. The van der Waals surface area contributed by atoms with Crippen LogP contribution in [0.4, 0.5) is 13.2 Å². The molecule has 0 bridgehead atoms. The maximum Gasteiger partial charge on any atom is 0.282 e. The van der Waals surface area contributed by atoms with Crippen LogP contribution in [0.3, 0.4) is 0 Å². The van der Waals surface area contributed by atoms with Crippen LogP contribution in [0.25, 0.3) is 16.9 Å². The molecule has 0 spiro atoms. The average Bonchev–Trinajstić information content (AvgIpc) is 3.06. The van der Waals surface area contributed by atoms with Gasteiger partial charge >= 0.3 is 0 Å². The summed E-state index contributed by atoms with van der Waals surface area (Å²) in [6.07, 6.45) is -1.98. The van der Waals surface area contributed by atoms with Crippen LogP contribution in [-0.4, -0.2) is 24.5 Å². The van der Waals surface area contributed by atoms with Crippen LogP contribution < -0.4 is 0 Å². The summed E-state index contributed by atoms with van der Waals surface area (Å²) in [5.41, 5.74) is 0.413. The molecule has 5 nitrogen and oxygen atoms in total. The Morgan fingerprint density at radius 2 is 1.89 bits per heavy atom. The molecule has 27 heavy (non-hydrogen) atoms. The van der Waals surface area contributed by atoms with Crippen LogP contribution in [0.15, 0.2) is 53.4 Å². The average molecular weight is 391 g/mol. The first-order chi connectivity index (χ1) is 12.7. The standard InChI is InChI=1S/C18H12F3N3O2S/c1-27(25,26)17-6-5-12(8-14(17)19)16-9-15(18(20)21)23-24(16)13-4-2-3-11(7-13)10-22/h2-9,18H,1H3. The topological polar surface area (TPSA) is 75.8 Å². The summed E-state index contributed by atoms with van der Waals surface area (Å²) in [7, 11) is -3.77. The van der Waals surface area contributed by atoms with Gasteiger partial charge in [0.15, 0.2) is 9.84 Å². The van der Waals surface area contributed by atoms with Crippen molar-refractivity contribution in [2.24, 2.45) is 0 Å². The van der Waals surface area contributed by atoms with Crippen molar-refractivity contribution in [2.45, 2.75) is 11.3 Å². The molecule has 0 unspecified atom stereocenters. The zero-order chi connectivity index (χ0) is 19.8. The number of rotatable bonds is 4. The predicted octanol–water partition coefficient (Wildman–Crippen LogP) is 3.89. The Hall–Kier alpha value is -3.12. The van der Waals surface area contributed by atoms with E-state index in [1.54, 1.807) is 18.2 Å². The van der Waals surface area contributed by atoms with E-state index in [1.807, 2.05) is 6.07 Å². The Kier molecular flexibility index (Phi) is 4.76. The second-order valence-corrected chi connectivity index (χ2v) is 7.73. The van der Waals surface area contributed by atoms with Gasteiger partial charge in [-0.25, -0.2) is 26.3 Å². The van der Waals surface area contributed by atoms with E-state index in [-0.39, 0.29) is 11.3 Å². The van der Waals surface area contributed by atoms with E-state index >= 15 is 0 Å². The quantitative estimate of drug-likeness (QED) is 0.676. The SMILES string of the molecule is CS(=O)(=O)c1ccc(-c2cc(C(F)F)nn2-c2cccc(C#N)c2)cc1F. The summed E-state index contributed by atoms with van der Waals surface area (Å²) in [6.45, 7) is 0. The molecule has 0 saturated carbocycles. The Bertz CT molecular complexity index is 1160. The van der Waals surface area contributed by atoms with Gasteiger partial charge in [0.2, 0.25) is 0 Å². The Labute approximate surface area is 153 Å². The molecule has 138 valence electrons. The molecule has 0 aliphatic carbocycles. The summed E-state index contributed by atoms with van der Waals surface area (Å²) in [4.78, 5) is -0.488. The van der Waals surface area contributed by atoms with Gasteiger partial charge < -0.3 is 0 Å². The number of benzene rings is 2. The smallest absolute Gasteiger partial charge is 0.233 e. The highest BCUT2D eigenvalue weighted by atomic mass is 32.2. The largest absolute Gasteiger partial charge is 0.282 e. The Morgan fingerprint density at radius 3 is 2.48 bits per heavy atom. The third-order valence-electron chi connectivity index (χ3n) is 3.80. The maximum atomic E-state index is 14.2. The van der Waals surface area contributed by atoms with E-state index in [1.165, 1.54) is 12.1 Å².